The zero-order valence-corrected chi connectivity index (χ0v) is 16.6. The van der Waals surface area contributed by atoms with E-state index in [1.54, 1.807) is 12.1 Å². The molecule has 0 amide bonds. The molecule has 0 aliphatic carbocycles. The van der Waals surface area contributed by atoms with E-state index in [1.807, 2.05) is 30.3 Å². The fourth-order valence-corrected chi connectivity index (χ4v) is 2.83. The molecule has 7 nitrogen and oxygen atoms in total. The molecule has 32 heavy (non-hydrogen) atoms. The number of benzene rings is 3. The number of amidine groups is 1. The number of aliphatic imine (C=N–C) groups is 1. The Labute approximate surface area is 182 Å². The minimum atomic E-state index is -0.836. The van der Waals surface area contributed by atoms with Crippen LogP contribution in [0.25, 0.3) is 0 Å². The van der Waals surface area contributed by atoms with Gasteiger partial charge in [-0.3, -0.25) is 0 Å². The number of aromatic hydroxyl groups is 1. The smallest absolute Gasteiger partial charge is 0.229 e. The molecule has 1 heterocycles. The number of hydrogen-bond donors (Lipinski definition) is 4. The summed E-state index contributed by atoms with van der Waals surface area (Å²) in [4.78, 5) is 12.6. The maximum atomic E-state index is 14.0. The molecule has 0 aliphatic heterocycles. The molecular formula is C23H18F2N6O. The Balaban J connectivity index is 1.73. The summed E-state index contributed by atoms with van der Waals surface area (Å²) in [5, 5.41) is 15.6. The number of nitrogens with one attached hydrogen (secondary N) is 2. The number of phenolic OH excluding ortho intramolecular Hbond substituents is 1. The second kappa shape index (κ2) is 9.09. The highest BCUT2D eigenvalue weighted by Crippen LogP contribution is 2.25. The first-order valence-corrected chi connectivity index (χ1v) is 9.53. The predicted molar refractivity (Wildman–Crippen MR) is 120 cm³/mol. The maximum Gasteiger partial charge on any atom is 0.229 e. The number of para-hydroxylation sites is 2. The molecule has 0 radical (unpaired) electrons. The van der Waals surface area contributed by atoms with E-state index in [-0.39, 0.29) is 28.9 Å². The van der Waals surface area contributed by atoms with Crippen LogP contribution in [0, 0.1) is 11.6 Å². The number of nitrogens with two attached hydrogens (primary N) is 1. The first-order chi connectivity index (χ1) is 15.5. The van der Waals surface area contributed by atoms with Crippen LogP contribution in [0.4, 0.5) is 37.6 Å². The summed E-state index contributed by atoms with van der Waals surface area (Å²) in [6, 6.07) is 19.0. The van der Waals surface area contributed by atoms with Crippen molar-refractivity contribution in [3.05, 3.63) is 96.2 Å². The number of phenols is 1. The van der Waals surface area contributed by atoms with Gasteiger partial charge in [0.05, 0.1) is 5.56 Å². The summed E-state index contributed by atoms with van der Waals surface area (Å²) in [6.07, 6.45) is 1.40. The van der Waals surface area contributed by atoms with Crippen molar-refractivity contribution >= 4 is 34.7 Å². The molecule has 0 bridgehead atoms. The highest BCUT2D eigenvalue weighted by molar-refractivity contribution is 6.03. The minimum absolute atomic E-state index is 0.127. The Morgan fingerprint density at radius 1 is 0.844 bits per heavy atom. The molecule has 0 saturated carbocycles. The lowest BCUT2D eigenvalue weighted by Gasteiger charge is -2.13. The van der Waals surface area contributed by atoms with E-state index < -0.39 is 17.3 Å². The third-order valence-corrected chi connectivity index (χ3v) is 4.39. The van der Waals surface area contributed by atoms with Crippen molar-refractivity contribution < 1.29 is 13.9 Å². The van der Waals surface area contributed by atoms with Gasteiger partial charge in [0.1, 0.15) is 23.1 Å². The van der Waals surface area contributed by atoms with Crippen LogP contribution < -0.4 is 16.4 Å². The normalized spacial score (nSPS) is 11.2. The molecule has 0 spiro atoms. The topological polar surface area (TPSA) is 108 Å². The van der Waals surface area contributed by atoms with Gasteiger partial charge in [0, 0.05) is 17.6 Å². The lowest BCUT2D eigenvalue weighted by molar-refractivity contribution is 0.475. The Bertz CT molecular complexity index is 1240. The van der Waals surface area contributed by atoms with Crippen molar-refractivity contribution in [3.63, 3.8) is 0 Å². The SMILES string of the molecule is NC(=Nc1c(F)cccc1F)c1cnc(Nc2ccc(O)cc2)nc1Nc1ccccc1. The van der Waals surface area contributed by atoms with Crippen LogP contribution in [0.2, 0.25) is 0 Å². The second-order valence-corrected chi connectivity index (χ2v) is 6.69. The lowest BCUT2D eigenvalue weighted by Crippen LogP contribution is -2.17. The first kappa shape index (κ1) is 20.7. The van der Waals surface area contributed by atoms with Gasteiger partial charge in [-0.1, -0.05) is 24.3 Å². The minimum Gasteiger partial charge on any atom is -0.508 e. The van der Waals surface area contributed by atoms with Gasteiger partial charge in [0.15, 0.2) is 11.6 Å². The molecule has 5 N–H and O–H groups in total. The van der Waals surface area contributed by atoms with E-state index >= 15 is 0 Å². The zero-order valence-electron chi connectivity index (χ0n) is 16.6. The average molecular weight is 432 g/mol. The van der Waals surface area contributed by atoms with E-state index in [9.17, 15) is 13.9 Å². The van der Waals surface area contributed by atoms with Crippen molar-refractivity contribution in [3.8, 4) is 5.75 Å². The molecule has 1 aromatic heterocycles. The molecule has 9 heteroatoms. The van der Waals surface area contributed by atoms with E-state index in [0.29, 0.717) is 11.4 Å². The predicted octanol–water partition coefficient (Wildman–Crippen LogP) is 4.98. The van der Waals surface area contributed by atoms with Gasteiger partial charge >= 0.3 is 0 Å². The van der Waals surface area contributed by atoms with Gasteiger partial charge in [-0.25, -0.2) is 18.8 Å². The number of halogens is 2. The Hall–Kier alpha value is -4.53. The van der Waals surface area contributed by atoms with E-state index in [1.165, 1.54) is 24.4 Å². The number of aromatic nitrogens is 2. The third kappa shape index (κ3) is 4.78. The van der Waals surface area contributed by atoms with Crippen molar-refractivity contribution in [2.24, 2.45) is 10.7 Å². The summed E-state index contributed by atoms with van der Waals surface area (Å²) in [6.45, 7) is 0. The largest absolute Gasteiger partial charge is 0.508 e. The maximum absolute atomic E-state index is 14.0. The summed E-state index contributed by atoms with van der Waals surface area (Å²) >= 11 is 0. The molecule has 0 atom stereocenters. The quantitative estimate of drug-likeness (QED) is 0.194. The molecule has 160 valence electrons. The molecule has 0 aliphatic rings. The van der Waals surface area contributed by atoms with Crippen molar-refractivity contribution in [1.82, 2.24) is 9.97 Å². The van der Waals surface area contributed by atoms with Crippen LogP contribution in [0.5, 0.6) is 5.75 Å². The van der Waals surface area contributed by atoms with Crippen LogP contribution in [-0.2, 0) is 0 Å². The average Bonchev–Trinajstić information content (AvgIpc) is 2.79. The second-order valence-electron chi connectivity index (χ2n) is 6.69. The standard InChI is InChI=1S/C23H18F2N6O/c24-18-7-4-8-19(25)20(18)30-21(26)17-13-27-23(29-15-9-11-16(32)12-10-15)31-22(17)28-14-5-2-1-3-6-14/h1-13,32H,(H2,26,30)(H2,27,28,29,31). The fourth-order valence-electron chi connectivity index (χ4n) is 2.83. The monoisotopic (exact) mass is 432 g/mol. The van der Waals surface area contributed by atoms with Crippen molar-refractivity contribution in [1.29, 1.82) is 0 Å². The van der Waals surface area contributed by atoms with E-state index in [0.717, 1.165) is 12.1 Å². The van der Waals surface area contributed by atoms with Gasteiger partial charge in [-0.2, -0.15) is 4.98 Å². The number of anilines is 4. The molecular weight excluding hydrogens is 414 g/mol. The highest BCUT2D eigenvalue weighted by atomic mass is 19.1. The summed E-state index contributed by atoms with van der Waals surface area (Å²) in [5.41, 5.74) is 7.21. The molecule has 3 aromatic carbocycles. The van der Waals surface area contributed by atoms with E-state index in [2.05, 4.69) is 25.6 Å². The van der Waals surface area contributed by atoms with Gasteiger partial charge in [-0.15, -0.1) is 0 Å². The van der Waals surface area contributed by atoms with Gasteiger partial charge in [0.2, 0.25) is 5.95 Å². The molecule has 4 aromatic rings. The van der Waals surface area contributed by atoms with Crippen molar-refractivity contribution in [2.75, 3.05) is 10.6 Å². The Morgan fingerprint density at radius 2 is 1.50 bits per heavy atom. The van der Waals surface area contributed by atoms with Crippen LogP contribution in [0.3, 0.4) is 0 Å². The summed E-state index contributed by atoms with van der Waals surface area (Å²) in [7, 11) is 0. The summed E-state index contributed by atoms with van der Waals surface area (Å²) in [5.74, 6) is -1.19. The zero-order chi connectivity index (χ0) is 22.5. The lowest BCUT2D eigenvalue weighted by atomic mass is 10.2. The van der Waals surface area contributed by atoms with Crippen LogP contribution in [0.1, 0.15) is 5.56 Å². The molecule has 0 unspecified atom stereocenters. The van der Waals surface area contributed by atoms with Crippen molar-refractivity contribution in [2.45, 2.75) is 0 Å². The Morgan fingerprint density at radius 3 is 2.19 bits per heavy atom. The highest BCUT2D eigenvalue weighted by Gasteiger charge is 2.14. The van der Waals surface area contributed by atoms with E-state index in [4.69, 9.17) is 5.73 Å². The third-order valence-electron chi connectivity index (χ3n) is 4.39. The Kier molecular flexibility index (Phi) is 5.89. The molecule has 4 rings (SSSR count). The molecule has 0 saturated heterocycles. The first-order valence-electron chi connectivity index (χ1n) is 9.53. The van der Waals surface area contributed by atoms with Crippen LogP contribution >= 0.6 is 0 Å². The van der Waals surface area contributed by atoms with Gasteiger partial charge in [0.25, 0.3) is 0 Å². The fraction of sp³-hybridized carbons (Fsp3) is 0. The number of nitrogens with zero attached hydrogens (tertiary/aromatic N) is 3. The number of hydrogen-bond acceptors (Lipinski definition) is 6. The number of rotatable bonds is 6. The summed E-state index contributed by atoms with van der Waals surface area (Å²) < 4.78 is 28.1. The molecule has 0 fully saturated rings. The van der Waals surface area contributed by atoms with Gasteiger partial charge in [-0.05, 0) is 48.5 Å². The van der Waals surface area contributed by atoms with Crippen LogP contribution in [0.15, 0.2) is 84.0 Å². The van der Waals surface area contributed by atoms with Gasteiger partial charge < -0.3 is 21.5 Å². The van der Waals surface area contributed by atoms with Crippen LogP contribution in [-0.4, -0.2) is 20.9 Å².